The van der Waals surface area contributed by atoms with Gasteiger partial charge in [0.1, 0.15) is 5.82 Å². The van der Waals surface area contributed by atoms with E-state index in [1.165, 1.54) is 24.3 Å². The largest absolute Gasteiger partial charge is 0.323 e. The molecule has 1 aliphatic rings. The Morgan fingerprint density at radius 2 is 1.79 bits per heavy atom. The molecule has 0 bridgehead atoms. The van der Waals surface area contributed by atoms with E-state index in [0.29, 0.717) is 11.6 Å². The summed E-state index contributed by atoms with van der Waals surface area (Å²) in [5.41, 5.74) is 0.567. The lowest BCUT2D eigenvalue weighted by atomic mass is 10.2. The fraction of sp³-hybridized carbons (Fsp3) is 0.312. The van der Waals surface area contributed by atoms with Crippen molar-refractivity contribution in [1.29, 1.82) is 0 Å². The third-order valence-corrected chi connectivity index (χ3v) is 3.68. The smallest absolute Gasteiger partial charge is 0.321 e. The van der Waals surface area contributed by atoms with Crippen LogP contribution >= 0.6 is 0 Å². The van der Waals surface area contributed by atoms with Gasteiger partial charge in [0.2, 0.25) is 0 Å². The molecule has 1 heterocycles. The summed E-state index contributed by atoms with van der Waals surface area (Å²) in [6.45, 7) is -0.0824. The first-order valence-electron chi connectivity index (χ1n) is 7.41. The van der Waals surface area contributed by atoms with Gasteiger partial charge in [0, 0.05) is 19.5 Å². The topological polar surface area (TPSA) is 58.1 Å². The van der Waals surface area contributed by atoms with Crippen molar-refractivity contribution < 1.29 is 18.0 Å². The van der Waals surface area contributed by atoms with E-state index in [4.69, 9.17) is 0 Å². The maximum absolute atomic E-state index is 13.2. The van der Waals surface area contributed by atoms with Crippen LogP contribution in [0.5, 0.6) is 0 Å². The highest BCUT2D eigenvalue weighted by Gasteiger charge is 2.26. The van der Waals surface area contributed by atoms with Crippen LogP contribution < -0.4 is 5.32 Å². The predicted octanol–water partition coefficient (Wildman–Crippen LogP) is 3.44. The minimum Gasteiger partial charge on any atom is -0.323 e. The van der Waals surface area contributed by atoms with Gasteiger partial charge in [-0.1, -0.05) is 0 Å². The monoisotopic (exact) mass is 336 g/mol. The van der Waals surface area contributed by atoms with E-state index >= 15 is 0 Å². The molecule has 126 valence electrons. The van der Waals surface area contributed by atoms with Crippen molar-refractivity contribution in [1.82, 2.24) is 14.9 Å². The molecule has 1 saturated carbocycles. The zero-order valence-electron chi connectivity index (χ0n) is 12.9. The van der Waals surface area contributed by atoms with Crippen molar-refractivity contribution in [3.63, 3.8) is 0 Å². The highest BCUT2D eigenvalue weighted by molar-refractivity contribution is 5.88. The van der Waals surface area contributed by atoms with Crippen LogP contribution in [0.15, 0.2) is 24.5 Å². The van der Waals surface area contributed by atoms with E-state index in [1.807, 2.05) is 0 Å². The normalized spacial score (nSPS) is 13.7. The number of aromatic nitrogens is 2. The molecule has 1 N–H and O–H groups in total. The van der Waals surface area contributed by atoms with Crippen LogP contribution in [0.4, 0.5) is 23.7 Å². The highest BCUT2D eigenvalue weighted by atomic mass is 19.2. The lowest BCUT2D eigenvalue weighted by molar-refractivity contribution is 0.220. The molecule has 0 atom stereocenters. The van der Waals surface area contributed by atoms with Crippen LogP contribution in [0.2, 0.25) is 0 Å². The number of rotatable bonds is 4. The van der Waals surface area contributed by atoms with Gasteiger partial charge in [-0.15, -0.1) is 0 Å². The molecule has 1 fully saturated rings. The Hall–Kier alpha value is -2.64. The van der Waals surface area contributed by atoms with Gasteiger partial charge in [-0.3, -0.25) is 0 Å². The molecular formula is C16H15F3N4O. The number of hydrogen-bond acceptors (Lipinski definition) is 3. The number of amides is 2. The van der Waals surface area contributed by atoms with Crippen LogP contribution in [0.1, 0.15) is 30.1 Å². The van der Waals surface area contributed by atoms with E-state index in [9.17, 15) is 18.0 Å². The first kappa shape index (κ1) is 16.2. The van der Waals surface area contributed by atoms with Gasteiger partial charge < -0.3 is 10.2 Å². The van der Waals surface area contributed by atoms with Gasteiger partial charge in [0.25, 0.3) is 0 Å². The van der Waals surface area contributed by atoms with Gasteiger partial charge in [0.05, 0.1) is 18.1 Å². The van der Waals surface area contributed by atoms with Crippen LogP contribution in [0, 0.1) is 17.5 Å². The van der Waals surface area contributed by atoms with Crippen LogP contribution in [0.25, 0.3) is 0 Å². The summed E-state index contributed by atoms with van der Waals surface area (Å²) in [6.07, 6.45) is 5.20. The molecule has 5 nitrogen and oxygen atoms in total. The number of benzene rings is 1. The number of carbonyl (C=O) groups excluding carboxylic acids is 1. The lowest BCUT2D eigenvalue weighted by Crippen LogP contribution is -2.31. The summed E-state index contributed by atoms with van der Waals surface area (Å²) in [5.74, 6) is -2.93. The van der Waals surface area contributed by atoms with E-state index in [-0.39, 0.29) is 12.1 Å². The van der Waals surface area contributed by atoms with Gasteiger partial charge in [0.15, 0.2) is 17.5 Å². The Kier molecular flexibility index (Phi) is 4.37. The average molecular weight is 336 g/mol. The number of halogens is 3. The van der Waals surface area contributed by atoms with E-state index in [1.54, 1.807) is 0 Å². The molecule has 0 unspecified atom stereocenters. The summed E-state index contributed by atoms with van der Waals surface area (Å²) in [4.78, 5) is 21.7. The molecule has 24 heavy (non-hydrogen) atoms. The third-order valence-electron chi connectivity index (χ3n) is 3.68. The Morgan fingerprint density at radius 1 is 1.21 bits per heavy atom. The van der Waals surface area contributed by atoms with Gasteiger partial charge in [-0.25, -0.2) is 27.9 Å². The summed E-state index contributed by atoms with van der Waals surface area (Å²) >= 11 is 0. The van der Waals surface area contributed by atoms with Crippen LogP contribution in [0.3, 0.4) is 0 Å². The molecule has 1 aliphatic carbocycles. The molecule has 0 aliphatic heterocycles. The predicted molar refractivity (Wildman–Crippen MR) is 80.8 cm³/mol. The Bertz CT molecular complexity index is 739. The molecule has 2 aromatic rings. The molecule has 1 aromatic carbocycles. The first-order valence-corrected chi connectivity index (χ1v) is 7.41. The Balaban J connectivity index is 1.61. The molecular weight excluding hydrogens is 321 g/mol. The van der Waals surface area contributed by atoms with Crippen LogP contribution in [-0.4, -0.2) is 27.9 Å². The fourth-order valence-corrected chi connectivity index (χ4v) is 2.22. The van der Waals surface area contributed by atoms with E-state index < -0.39 is 23.5 Å². The fourth-order valence-electron chi connectivity index (χ4n) is 2.22. The zero-order valence-corrected chi connectivity index (χ0v) is 12.9. The van der Waals surface area contributed by atoms with Crippen LogP contribution in [-0.2, 0) is 6.54 Å². The Morgan fingerprint density at radius 3 is 2.33 bits per heavy atom. The Labute approximate surface area is 136 Å². The van der Waals surface area contributed by atoms with Gasteiger partial charge in [-0.2, -0.15) is 0 Å². The number of anilines is 1. The third kappa shape index (κ3) is 3.64. The molecule has 8 heteroatoms. The molecule has 2 amide bonds. The maximum atomic E-state index is 13.2. The number of hydrogen-bond donors (Lipinski definition) is 1. The van der Waals surface area contributed by atoms with Gasteiger partial charge >= 0.3 is 6.03 Å². The zero-order chi connectivity index (χ0) is 17.3. The van der Waals surface area contributed by atoms with Crippen molar-refractivity contribution in [2.75, 3.05) is 12.4 Å². The summed E-state index contributed by atoms with van der Waals surface area (Å²) in [5, 5.41) is 2.59. The van der Waals surface area contributed by atoms with Crippen molar-refractivity contribution in [2.24, 2.45) is 0 Å². The highest BCUT2D eigenvalue weighted by Crippen LogP contribution is 2.37. The SMILES string of the molecule is CN(Cc1cc(F)c(F)c(F)c1)C(=O)Nc1cnc(C2CC2)nc1. The lowest BCUT2D eigenvalue weighted by Gasteiger charge is -2.18. The molecule has 1 aromatic heterocycles. The second-order valence-corrected chi connectivity index (χ2v) is 5.76. The van der Waals surface area contributed by atoms with Crippen molar-refractivity contribution >= 4 is 11.7 Å². The van der Waals surface area contributed by atoms with Gasteiger partial charge in [-0.05, 0) is 30.5 Å². The second kappa shape index (κ2) is 6.46. The van der Waals surface area contributed by atoms with E-state index in [0.717, 1.165) is 30.8 Å². The maximum Gasteiger partial charge on any atom is 0.321 e. The number of urea groups is 1. The summed E-state index contributed by atoms with van der Waals surface area (Å²) < 4.78 is 39.3. The number of nitrogens with one attached hydrogen (secondary N) is 1. The molecule has 0 saturated heterocycles. The van der Waals surface area contributed by atoms with E-state index in [2.05, 4.69) is 15.3 Å². The standard InChI is InChI=1S/C16H15F3N4O/c1-23(8-9-4-12(17)14(19)13(18)5-9)16(24)22-11-6-20-15(21-7-11)10-2-3-10/h4-7,10H,2-3,8H2,1H3,(H,22,24). The summed E-state index contributed by atoms with van der Waals surface area (Å²) in [6, 6.07) is 1.22. The average Bonchev–Trinajstić information content (AvgIpc) is 3.38. The molecule has 3 rings (SSSR count). The number of nitrogens with zero attached hydrogens (tertiary/aromatic N) is 3. The second-order valence-electron chi connectivity index (χ2n) is 5.76. The van der Waals surface area contributed by atoms with Crippen molar-refractivity contribution in [3.05, 3.63) is 53.4 Å². The number of carbonyl (C=O) groups is 1. The van der Waals surface area contributed by atoms with Crippen molar-refractivity contribution in [3.8, 4) is 0 Å². The quantitative estimate of drug-likeness (QED) is 0.870. The minimum atomic E-state index is -1.53. The summed E-state index contributed by atoms with van der Waals surface area (Å²) in [7, 11) is 1.45. The first-order chi connectivity index (χ1) is 11.4. The molecule has 0 radical (unpaired) electrons. The minimum absolute atomic E-state index is 0.0824. The molecule has 0 spiro atoms. The van der Waals surface area contributed by atoms with Crippen molar-refractivity contribution in [2.45, 2.75) is 25.3 Å².